The van der Waals surface area contributed by atoms with E-state index in [-0.39, 0.29) is 5.91 Å². The number of rotatable bonds is 3. The Bertz CT molecular complexity index is 883. The third kappa shape index (κ3) is 3.17. The lowest BCUT2D eigenvalue weighted by atomic mass is 10.2. The molecule has 1 aliphatic rings. The zero-order chi connectivity index (χ0) is 17.2. The van der Waals surface area contributed by atoms with Gasteiger partial charge in [-0.2, -0.15) is 0 Å². The molecule has 0 aliphatic carbocycles. The number of hydrogen-bond donors (Lipinski definition) is 0. The Labute approximate surface area is 145 Å². The molecule has 4 heterocycles. The molecule has 3 aromatic rings. The number of aryl methyl sites for hydroxylation is 1. The number of aromatic nitrogens is 4. The van der Waals surface area contributed by atoms with Gasteiger partial charge in [-0.25, -0.2) is 15.0 Å². The van der Waals surface area contributed by atoms with Crippen molar-refractivity contribution in [3.8, 4) is 0 Å². The quantitative estimate of drug-likeness (QED) is 0.722. The van der Waals surface area contributed by atoms with E-state index in [0.717, 1.165) is 35.9 Å². The molecule has 4 rings (SSSR count). The maximum atomic E-state index is 12.6. The normalized spacial score (nSPS) is 14.9. The first-order valence-electron chi connectivity index (χ1n) is 8.43. The van der Waals surface area contributed by atoms with Crippen LogP contribution in [-0.4, -0.2) is 56.3 Å². The van der Waals surface area contributed by atoms with Gasteiger partial charge in [0.2, 0.25) is 11.9 Å². The van der Waals surface area contributed by atoms with Crippen LogP contribution in [0.3, 0.4) is 0 Å². The van der Waals surface area contributed by atoms with E-state index in [1.807, 2.05) is 40.8 Å². The molecule has 1 saturated heterocycles. The van der Waals surface area contributed by atoms with E-state index in [2.05, 4.69) is 19.9 Å². The van der Waals surface area contributed by atoms with Crippen molar-refractivity contribution in [1.29, 1.82) is 0 Å². The maximum Gasteiger partial charge on any atom is 0.228 e. The highest BCUT2D eigenvalue weighted by atomic mass is 16.2. The Balaban J connectivity index is 1.39. The van der Waals surface area contributed by atoms with Gasteiger partial charge in [0.1, 0.15) is 5.65 Å². The number of amides is 1. The van der Waals surface area contributed by atoms with E-state index in [1.54, 1.807) is 18.5 Å². The van der Waals surface area contributed by atoms with Gasteiger partial charge in [-0.05, 0) is 24.6 Å². The van der Waals surface area contributed by atoms with Gasteiger partial charge in [-0.3, -0.25) is 4.79 Å². The van der Waals surface area contributed by atoms with Crippen LogP contribution in [0.15, 0.2) is 43.0 Å². The van der Waals surface area contributed by atoms with Gasteiger partial charge in [0, 0.05) is 51.0 Å². The van der Waals surface area contributed by atoms with Gasteiger partial charge in [-0.1, -0.05) is 6.07 Å². The highest BCUT2D eigenvalue weighted by Crippen LogP contribution is 2.13. The number of carbonyl (C=O) groups excluding carboxylic acids is 1. The minimum absolute atomic E-state index is 0.120. The van der Waals surface area contributed by atoms with Gasteiger partial charge < -0.3 is 14.2 Å². The van der Waals surface area contributed by atoms with Crippen LogP contribution in [0.1, 0.15) is 11.3 Å². The number of fused-ring (bicyclic) bond motifs is 1. The summed E-state index contributed by atoms with van der Waals surface area (Å²) in [5.74, 6) is 0.847. The van der Waals surface area contributed by atoms with Crippen molar-refractivity contribution in [2.24, 2.45) is 0 Å². The van der Waals surface area contributed by atoms with E-state index < -0.39 is 0 Å². The number of carbonyl (C=O) groups is 1. The molecule has 3 aromatic heterocycles. The van der Waals surface area contributed by atoms with Crippen molar-refractivity contribution in [1.82, 2.24) is 24.3 Å². The number of anilines is 1. The molecule has 7 nitrogen and oxygen atoms in total. The lowest BCUT2D eigenvalue weighted by Crippen LogP contribution is -2.49. The molecule has 0 spiro atoms. The first-order chi connectivity index (χ1) is 12.2. The molecule has 128 valence electrons. The number of nitrogens with zero attached hydrogens (tertiary/aromatic N) is 6. The number of pyridine rings is 1. The Hall–Kier alpha value is -2.96. The van der Waals surface area contributed by atoms with Crippen LogP contribution >= 0.6 is 0 Å². The van der Waals surface area contributed by atoms with Gasteiger partial charge in [0.15, 0.2) is 0 Å². The monoisotopic (exact) mass is 336 g/mol. The van der Waals surface area contributed by atoms with Gasteiger partial charge in [0.05, 0.1) is 12.1 Å². The summed E-state index contributed by atoms with van der Waals surface area (Å²) >= 11 is 0. The van der Waals surface area contributed by atoms with Crippen LogP contribution in [0.4, 0.5) is 5.95 Å². The van der Waals surface area contributed by atoms with Crippen molar-refractivity contribution in [2.75, 3.05) is 31.1 Å². The first kappa shape index (κ1) is 15.6. The lowest BCUT2D eigenvalue weighted by Gasteiger charge is -2.34. The molecular weight excluding hydrogens is 316 g/mol. The summed E-state index contributed by atoms with van der Waals surface area (Å²) in [4.78, 5) is 29.7. The zero-order valence-corrected chi connectivity index (χ0v) is 14.2. The molecule has 1 fully saturated rings. The van der Waals surface area contributed by atoms with E-state index in [0.29, 0.717) is 19.5 Å². The van der Waals surface area contributed by atoms with Gasteiger partial charge in [-0.15, -0.1) is 0 Å². The molecule has 0 N–H and O–H groups in total. The second-order valence-electron chi connectivity index (χ2n) is 6.25. The van der Waals surface area contributed by atoms with Gasteiger partial charge in [0.25, 0.3) is 0 Å². The van der Waals surface area contributed by atoms with Crippen LogP contribution in [0.25, 0.3) is 5.65 Å². The number of piperazine rings is 1. The molecule has 7 heteroatoms. The van der Waals surface area contributed by atoms with E-state index in [9.17, 15) is 4.79 Å². The van der Waals surface area contributed by atoms with Crippen LogP contribution in [0, 0.1) is 6.92 Å². The molecule has 0 radical (unpaired) electrons. The Morgan fingerprint density at radius 3 is 2.60 bits per heavy atom. The molecule has 0 saturated carbocycles. The van der Waals surface area contributed by atoms with E-state index >= 15 is 0 Å². The third-order valence-electron chi connectivity index (χ3n) is 4.53. The average molecular weight is 336 g/mol. The number of hydrogen-bond acceptors (Lipinski definition) is 5. The van der Waals surface area contributed by atoms with Crippen LogP contribution in [0.2, 0.25) is 0 Å². The van der Waals surface area contributed by atoms with Crippen LogP contribution in [-0.2, 0) is 11.2 Å². The fourth-order valence-electron chi connectivity index (χ4n) is 3.17. The second-order valence-corrected chi connectivity index (χ2v) is 6.25. The minimum atomic E-state index is 0.120. The van der Waals surface area contributed by atoms with E-state index in [4.69, 9.17) is 0 Å². The predicted molar refractivity (Wildman–Crippen MR) is 94.5 cm³/mol. The van der Waals surface area contributed by atoms with E-state index in [1.165, 1.54) is 0 Å². The summed E-state index contributed by atoms with van der Waals surface area (Å²) in [5.41, 5.74) is 2.84. The number of imidazole rings is 1. The lowest BCUT2D eigenvalue weighted by molar-refractivity contribution is -0.130. The summed E-state index contributed by atoms with van der Waals surface area (Å²) in [5, 5.41) is 0. The summed E-state index contributed by atoms with van der Waals surface area (Å²) < 4.78 is 1.97. The average Bonchev–Trinajstić information content (AvgIpc) is 3.06. The summed E-state index contributed by atoms with van der Waals surface area (Å²) in [7, 11) is 0. The highest BCUT2D eigenvalue weighted by Gasteiger charge is 2.23. The van der Waals surface area contributed by atoms with Gasteiger partial charge >= 0.3 is 0 Å². The molecule has 0 atom stereocenters. The molecule has 0 aromatic carbocycles. The summed E-state index contributed by atoms with van der Waals surface area (Å²) in [6.45, 7) is 4.89. The summed E-state index contributed by atoms with van der Waals surface area (Å²) in [6.07, 6.45) is 7.72. The third-order valence-corrected chi connectivity index (χ3v) is 4.53. The highest BCUT2D eigenvalue weighted by molar-refractivity contribution is 5.78. The smallest absolute Gasteiger partial charge is 0.228 e. The topological polar surface area (TPSA) is 66.6 Å². The zero-order valence-electron chi connectivity index (χ0n) is 14.2. The molecule has 25 heavy (non-hydrogen) atoms. The molecular formula is C18H20N6O. The standard InChI is InChI=1S/C18H20N6O/c1-14-4-2-7-24-13-15(21-17(14)24)12-16(25)22-8-10-23(11-9-22)18-19-5-3-6-20-18/h2-7,13H,8-12H2,1H3. The second kappa shape index (κ2) is 6.51. The van der Waals surface area contributed by atoms with Crippen molar-refractivity contribution in [2.45, 2.75) is 13.3 Å². The summed E-state index contributed by atoms with van der Waals surface area (Å²) in [6, 6.07) is 5.82. The fraction of sp³-hybridized carbons (Fsp3) is 0.333. The predicted octanol–water partition coefficient (Wildman–Crippen LogP) is 1.32. The van der Waals surface area contributed by atoms with Crippen LogP contribution in [0.5, 0.6) is 0 Å². The molecule has 1 aliphatic heterocycles. The SMILES string of the molecule is Cc1cccn2cc(CC(=O)N3CCN(c4ncccn4)CC3)nc12. The van der Waals surface area contributed by atoms with Crippen molar-refractivity contribution >= 4 is 17.5 Å². The van der Waals surface area contributed by atoms with Crippen molar-refractivity contribution in [3.05, 3.63) is 54.2 Å². The Kier molecular flexibility index (Phi) is 4.05. The molecule has 1 amide bonds. The first-order valence-corrected chi connectivity index (χ1v) is 8.43. The van der Waals surface area contributed by atoms with Crippen LogP contribution < -0.4 is 4.90 Å². The Morgan fingerprint density at radius 2 is 1.88 bits per heavy atom. The van der Waals surface area contributed by atoms with Crippen molar-refractivity contribution in [3.63, 3.8) is 0 Å². The minimum Gasteiger partial charge on any atom is -0.339 e. The Morgan fingerprint density at radius 1 is 1.12 bits per heavy atom. The molecule has 0 bridgehead atoms. The fourth-order valence-corrected chi connectivity index (χ4v) is 3.17. The maximum absolute atomic E-state index is 12.6. The van der Waals surface area contributed by atoms with Crippen molar-refractivity contribution < 1.29 is 4.79 Å². The largest absolute Gasteiger partial charge is 0.339 e. The molecule has 0 unspecified atom stereocenters.